The number of ether oxygens (including phenoxy) is 1. The van der Waals surface area contributed by atoms with Crippen molar-refractivity contribution in [2.24, 2.45) is 0 Å². The zero-order chi connectivity index (χ0) is 19.1. The number of H-pyrrole nitrogens is 1. The fraction of sp³-hybridized carbons (Fsp3) is 0.0435. The Kier molecular flexibility index (Phi) is 3.72. The summed E-state index contributed by atoms with van der Waals surface area (Å²) in [6, 6.07) is 24.7. The molecule has 0 saturated heterocycles. The molecular weight excluding hydrogens is 352 g/mol. The third kappa shape index (κ3) is 2.56. The quantitative estimate of drug-likeness (QED) is 0.366. The maximum absolute atomic E-state index is 11.0. The van der Waals surface area contributed by atoms with Crippen LogP contribution in [0.15, 0.2) is 78.9 Å². The number of nitrogens with one attached hydrogen (secondary N) is 1. The van der Waals surface area contributed by atoms with Crippen LogP contribution in [0.1, 0.15) is 5.56 Å². The van der Waals surface area contributed by atoms with Crippen LogP contribution in [0.2, 0.25) is 0 Å². The molecule has 1 aromatic heterocycles. The van der Waals surface area contributed by atoms with Crippen LogP contribution in [0.5, 0.6) is 5.75 Å². The third-order valence-corrected chi connectivity index (χ3v) is 5.06. The second kappa shape index (κ2) is 6.39. The number of hydrogen-bond acceptors (Lipinski definition) is 3. The molecule has 28 heavy (non-hydrogen) atoms. The molecule has 0 amide bonds. The number of hydrogen-bond donors (Lipinski definition) is 1. The molecule has 0 bridgehead atoms. The number of nitrogens with zero attached hydrogens (tertiary/aromatic N) is 1. The van der Waals surface area contributed by atoms with Crippen molar-refractivity contribution < 1.29 is 9.66 Å². The van der Waals surface area contributed by atoms with Crippen LogP contribution in [0.3, 0.4) is 0 Å². The number of aromatic amines is 1. The maximum Gasteiger partial charge on any atom is 0.269 e. The Morgan fingerprint density at radius 2 is 1.54 bits per heavy atom. The lowest BCUT2D eigenvalue weighted by molar-refractivity contribution is -0.384. The highest BCUT2D eigenvalue weighted by molar-refractivity contribution is 5.91. The predicted octanol–water partition coefficient (Wildman–Crippen LogP) is 5.82. The molecular formula is C23H16N2O3. The van der Waals surface area contributed by atoms with Gasteiger partial charge in [0.2, 0.25) is 0 Å². The van der Waals surface area contributed by atoms with Gasteiger partial charge in [-0.1, -0.05) is 42.5 Å². The SMILES string of the molecule is O=[N+]([O-])c1ccc(-c2[nH]c3c(c2-c2ccccc2)COc2ccccc2-3)cc1. The Hall–Kier alpha value is -3.86. The monoisotopic (exact) mass is 368 g/mol. The van der Waals surface area contributed by atoms with Crippen molar-refractivity contribution in [1.82, 2.24) is 4.98 Å². The maximum atomic E-state index is 11.0. The van der Waals surface area contributed by atoms with Gasteiger partial charge in [0, 0.05) is 28.8 Å². The van der Waals surface area contributed by atoms with Gasteiger partial charge in [-0.15, -0.1) is 0 Å². The second-order valence-electron chi connectivity index (χ2n) is 6.68. The molecule has 5 rings (SSSR count). The molecule has 0 radical (unpaired) electrons. The van der Waals surface area contributed by atoms with E-state index in [9.17, 15) is 10.1 Å². The normalized spacial score (nSPS) is 12.0. The molecule has 1 aliphatic heterocycles. The molecule has 2 heterocycles. The molecule has 0 atom stereocenters. The lowest BCUT2D eigenvalue weighted by Crippen LogP contribution is -2.04. The van der Waals surface area contributed by atoms with Crippen LogP contribution in [-0.2, 0) is 6.61 Å². The van der Waals surface area contributed by atoms with E-state index in [1.807, 2.05) is 42.5 Å². The molecule has 5 nitrogen and oxygen atoms in total. The molecule has 0 spiro atoms. The van der Waals surface area contributed by atoms with Gasteiger partial charge in [0.25, 0.3) is 5.69 Å². The van der Waals surface area contributed by atoms with Crippen molar-refractivity contribution in [3.8, 4) is 39.4 Å². The summed E-state index contributed by atoms with van der Waals surface area (Å²) in [6.07, 6.45) is 0. The largest absolute Gasteiger partial charge is 0.488 e. The highest BCUT2D eigenvalue weighted by Gasteiger charge is 2.26. The summed E-state index contributed by atoms with van der Waals surface area (Å²) in [5.41, 5.74) is 7.22. The van der Waals surface area contributed by atoms with Crippen LogP contribution in [0, 0.1) is 10.1 Å². The van der Waals surface area contributed by atoms with Crippen molar-refractivity contribution in [2.75, 3.05) is 0 Å². The lowest BCUT2D eigenvalue weighted by atomic mass is 9.95. The van der Waals surface area contributed by atoms with Gasteiger partial charge in [0.15, 0.2) is 0 Å². The van der Waals surface area contributed by atoms with Crippen LogP contribution >= 0.6 is 0 Å². The van der Waals surface area contributed by atoms with Crippen molar-refractivity contribution >= 4 is 5.69 Å². The Morgan fingerprint density at radius 3 is 2.29 bits per heavy atom. The Morgan fingerprint density at radius 1 is 0.821 bits per heavy atom. The van der Waals surface area contributed by atoms with Crippen molar-refractivity contribution in [3.05, 3.63) is 94.5 Å². The van der Waals surface area contributed by atoms with Gasteiger partial charge in [-0.3, -0.25) is 10.1 Å². The molecule has 3 aromatic carbocycles. The Balaban J connectivity index is 1.75. The molecule has 0 saturated carbocycles. The van der Waals surface area contributed by atoms with Gasteiger partial charge in [-0.2, -0.15) is 0 Å². The van der Waals surface area contributed by atoms with Crippen LogP contribution in [-0.4, -0.2) is 9.91 Å². The summed E-state index contributed by atoms with van der Waals surface area (Å²) in [6.45, 7) is 0.472. The topological polar surface area (TPSA) is 68.2 Å². The molecule has 0 aliphatic carbocycles. The third-order valence-electron chi connectivity index (χ3n) is 5.06. The van der Waals surface area contributed by atoms with Gasteiger partial charge >= 0.3 is 0 Å². The first kappa shape index (κ1) is 16.3. The number of aromatic nitrogens is 1. The number of non-ortho nitro benzene ring substituents is 1. The fourth-order valence-electron chi connectivity index (χ4n) is 3.75. The van der Waals surface area contributed by atoms with Crippen LogP contribution in [0.4, 0.5) is 5.69 Å². The van der Waals surface area contributed by atoms with Gasteiger partial charge in [-0.05, 0) is 35.4 Å². The smallest absolute Gasteiger partial charge is 0.269 e. The van der Waals surface area contributed by atoms with E-state index in [0.717, 1.165) is 45.0 Å². The molecule has 136 valence electrons. The van der Waals surface area contributed by atoms with E-state index in [4.69, 9.17) is 4.74 Å². The molecule has 1 aliphatic rings. The van der Waals surface area contributed by atoms with E-state index in [2.05, 4.69) is 17.1 Å². The van der Waals surface area contributed by atoms with Crippen molar-refractivity contribution in [2.45, 2.75) is 6.61 Å². The zero-order valence-corrected chi connectivity index (χ0v) is 14.9. The first-order valence-corrected chi connectivity index (χ1v) is 8.99. The lowest BCUT2D eigenvalue weighted by Gasteiger charge is -2.18. The first-order chi connectivity index (χ1) is 13.7. The number of nitro benzene ring substituents is 1. The highest BCUT2D eigenvalue weighted by Crippen LogP contribution is 2.45. The number of para-hydroxylation sites is 1. The Labute approximate surface area is 161 Å². The Bertz CT molecular complexity index is 1180. The fourth-order valence-corrected chi connectivity index (χ4v) is 3.75. The summed E-state index contributed by atoms with van der Waals surface area (Å²) >= 11 is 0. The molecule has 0 unspecified atom stereocenters. The molecule has 4 aromatic rings. The first-order valence-electron chi connectivity index (χ1n) is 8.99. The van der Waals surface area contributed by atoms with E-state index < -0.39 is 0 Å². The standard InChI is InChI=1S/C23H16N2O3/c26-25(27)17-12-10-16(11-13-17)22-21(15-6-2-1-3-7-15)19-14-28-20-9-5-4-8-18(20)23(19)24-22/h1-13,24H,14H2. The predicted molar refractivity (Wildman–Crippen MR) is 108 cm³/mol. The number of rotatable bonds is 3. The number of fused-ring (bicyclic) bond motifs is 3. The highest BCUT2D eigenvalue weighted by atomic mass is 16.6. The van der Waals surface area contributed by atoms with E-state index in [1.54, 1.807) is 12.1 Å². The molecule has 1 N–H and O–H groups in total. The van der Waals surface area contributed by atoms with Gasteiger partial charge in [0.05, 0.1) is 16.3 Å². The summed E-state index contributed by atoms with van der Waals surface area (Å²) in [7, 11) is 0. The van der Waals surface area contributed by atoms with Crippen LogP contribution in [0.25, 0.3) is 33.6 Å². The number of nitro groups is 1. The summed E-state index contributed by atoms with van der Waals surface area (Å²) in [5.74, 6) is 0.853. The zero-order valence-electron chi connectivity index (χ0n) is 14.9. The minimum absolute atomic E-state index is 0.0787. The average Bonchev–Trinajstić information content (AvgIpc) is 3.14. The molecule has 5 heteroatoms. The van der Waals surface area contributed by atoms with Gasteiger partial charge in [0.1, 0.15) is 12.4 Å². The van der Waals surface area contributed by atoms with E-state index in [1.165, 1.54) is 12.1 Å². The summed E-state index contributed by atoms with van der Waals surface area (Å²) in [5, 5.41) is 11.0. The summed E-state index contributed by atoms with van der Waals surface area (Å²) < 4.78 is 6.00. The second-order valence-corrected chi connectivity index (χ2v) is 6.68. The van der Waals surface area contributed by atoms with Crippen molar-refractivity contribution in [1.29, 1.82) is 0 Å². The van der Waals surface area contributed by atoms with E-state index >= 15 is 0 Å². The van der Waals surface area contributed by atoms with Crippen LogP contribution < -0.4 is 4.74 Å². The minimum Gasteiger partial charge on any atom is -0.488 e. The van der Waals surface area contributed by atoms with Gasteiger partial charge in [-0.25, -0.2) is 0 Å². The van der Waals surface area contributed by atoms with E-state index in [0.29, 0.717) is 6.61 Å². The number of benzene rings is 3. The average molecular weight is 368 g/mol. The molecule has 0 fully saturated rings. The summed E-state index contributed by atoms with van der Waals surface area (Å²) in [4.78, 5) is 14.2. The van der Waals surface area contributed by atoms with Crippen molar-refractivity contribution in [3.63, 3.8) is 0 Å². The van der Waals surface area contributed by atoms with E-state index in [-0.39, 0.29) is 10.6 Å². The minimum atomic E-state index is -0.383. The van der Waals surface area contributed by atoms with Gasteiger partial charge < -0.3 is 9.72 Å².